The van der Waals surface area contributed by atoms with E-state index in [1.807, 2.05) is 50.2 Å². The van der Waals surface area contributed by atoms with E-state index in [1.165, 1.54) is 0 Å². The fourth-order valence-electron chi connectivity index (χ4n) is 2.55. The van der Waals surface area contributed by atoms with Gasteiger partial charge in [0.2, 0.25) is 0 Å². The summed E-state index contributed by atoms with van der Waals surface area (Å²) in [5, 5.41) is 4.14. The van der Waals surface area contributed by atoms with Gasteiger partial charge in [-0.3, -0.25) is 0 Å². The molecule has 0 heterocycles. The summed E-state index contributed by atoms with van der Waals surface area (Å²) in [6.07, 6.45) is 0.991. The number of ether oxygens (including phenoxy) is 3. The third-order valence-electron chi connectivity index (χ3n) is 3.86. The van der Waals surface area contributed by atoms with Crippen molar-refractivity contribution in [3.05, 3.63) is 57.0 Å². The minimum atomic E-state index is 0.433. The van der Waals surface area contributed by atoms with Crippen LogP contribution in [0.1, 0.15) is 31.4 Å². The molecule has 0 unspecified atom stereocenters. The largest absolute Gasteiger partial charge is 0.490 e. The topological polar surface area (TPSA) is 39.7 Å². The molecule has 0 amide bonds. The van der Waals surface area contributed by atoms with E-state index in [2.05, 4.69) is 21.2 Å². The normalized spacial score (nSPS) is 10.8. The monoisotopic (exact) mass is 455 g/mol. The van der Waals surface area contributed by atoms with Gasteiger partial charge in [-0.25, -0.2) is 0 Å². The molecule has 4 nitrogen and oxygen atoms in total. The lowest BCUT2D eigenvalue weighted by Crippen LogP contribution is -2.17. The predicted octanol–water partition coefficient (Wildman–Crippen LogP) is 5.60. The van der Waals surface area contributed by atoms with Gasteiger partial charge in [0.25, 0.3) is 0 Å². The zero-order chi connectivity index (χ0) is 19.5. The number of rotatable bonds is 12. The average Bonchev–Trinajstić information content (AvgIpc) is 2.65. The Morgan fingerprint density at radius 2 is 1.85 bits per heavy atom. The summed E-state index contributed by atoms with van der Waals surface area (Å²) in [5.74, 6) is 1.46. The Bertz CT molecular complexity index is 712. The van der Waals surface area contributed by atoms with Crippen molar-refractivity contribution in [2.45, 2.75) is 33.4 Å². The van der Waals surface area contributed by atoms with Crippen molar-refractivity contribution in [3.8, 4) is 11.5 Å². The number of halogens is 2. The second kappa shape index (κ2) is 12.2. The van der Waals surface area contributed by atoms with Gasteiger partial charge >= 0.3 is 0 Å². The second-order valence-electron chi connectivity index (χ2n) is 5.97. The fourth-order valence-corrected chi connectivity index (χ4v) is 3.22. The average molecular weight is 457 g/mol. The van der Waals surface area contributed by atoms with Crippen LogP contribution in [-0.2, 0) is 17.9 Å². The second-order valence-corrected chi connectivity index (χ2v) is 7.26. The van der Waals surface area contributed by atoms with Gasteiger partial charge in [-0.1, -0.05) is 39.7 Å². The molecule has 1 N–H and O–H groups in total. The highest BCUT2D eigenvalue weighted by Gasteiger charge is 2.11. The molecule has 0 atom stereocenters. The summed E-state index contributed by atoms with van der Waals surface area (Å²) < 4.78 is 18.1. The van der Waals surface area contributed by atoms with Gasteiger partial charge < -0.3 is 19.5 Å². The van der Waals surface area contributed by atoms with Crippen molar-refractivity contribution < 1.29 is 14.2 Å². The minimum Gasteiger partial charge on any atom is -0.490 e. The Hall–Kier alpha value is -1.27. The number of hydrogen-bond acceptors (Lipinski definition) is 4. The number of hydrogen-bond donors (Lipinski definition) is 1. The molecule has 0 bridgehead atoms. The van der Waals surface area contributed by atoms with Crippen LogP contribution in [0.2, 0.25) is 5.02 Å². The van der Waals surface area contributed by atoms with Crippen LogP contribution in [0.5, 0.6) is 11.5 Å². The molecule has 27 heavy (non-hydrogen) atoms. The summed E-state index contributed by atoms with van der Waals surface area (Å²) in [7, 11) is 0. The Morgan fingerprint density at radius 3 is 2.59 bits per heavy atom. The lowest BCUT2D eigenvalue weighted by atomic mass is 10.2. The first kappa shape index (κ1) is 22.0. The van der Waals surface area contributed by atoms with E-state index in [4.69, 9.17) is 25.8 Å². The Morgan fingerprint density at radius 1 is 1.04 bits per heavy atom. The molecule has 148 valence electrons. The van der Waals surface area contributed by atoms with Crippen LogP contribution < -0.4 is 14.8 Å². The zero-order valence-corrected chi connectivity index (χ0v) is 18.2. The molecule has 2 aromatic carbocycles. The van der Waals surface area contributed by atoms with Crippen molar-refractivity contribution in [1.82, 2.24) is 5.32 Å². The number of benzene rings is 2. The molecule has 2 aromatic rings. The summed E-state index contributed by atoms with van der Waals surface area (Å²) >= 11 is 9.68. The highest BCUT2D eigenvalue weighted by molar-refractivity contribution is 9.10. The van der Waals surface area contributed by atoms with Crippen LogP contribution in [-0.4, -0.2) is 26.4 Å². The maximum absolute atomic E-state index is 6.04. The molecule has 0 aliphatic rings. The quantitative estimate of drug-likeness (QED) is 0.422. The van der Waals surface area contributed by atoms with Crippen LogP contribution >= 0.6 is 27.5 Å². The van der Waals surface area contributed by atoms with Crippen molar-refractivity contribution >= 4 is 27.5 Å². The molecule has 0 radical (unpaired) electrons. The predicted molar refractivity (Wildman–Crippen MR) is 114 cm³/mol. The molecular formula is C21H27BrClNO3. The van der Waals surface area contributed by atoms with Gasteiger partial charge in [0.15, 0.2) is 11.5 Å². The van der Waals surface area contributed by atoms with E-state index in [0.29, 0.717) is 24.0 Å². The molecule has 0 aromatic heterocycles. The van der Waals surface area contributed by atoms with E-state index in [0.717, 1.165) is 54.1 Å². The first-order chi connectivity index (χ1) is 13.1. The summed E-state index contributed by atoms with van der Waals surface area (Å²) in [6, 6.07) is 11.6. The molecule has 0 saturated carbocycles. The van der Waals surface area contributed by atoms with Crippen LogP contribution in [0.4, 0.5) is 0 Å². The van der Waals surface area contributed by atoms with Gasteiger partial charge in [0.1, 0.15) is 6.61 Å². The Kier molecular flexibility index (Phi) is 9.98. The third kappa shape index (κ3) is 7.70. The minimum absolute atomic E-state index is 0.433. The molecular weight excluding hydrogens is 430 g/mol. The van der Waals surface area contributed by atoms with Crippen molar-refractivity contribution in [3.63, 3.8) is 0 Å². The van der Waals surface area contributed by atoms with E-state index >= 15 is 0 Å². The van der Waals surface area contributed by atoms with Crippen LogP contribution in [0, 0.1) is 0 Å². The van der Waals surface area contributed by atoms with Crippen molar-refractivity contribution in [1.29, 1.82) is 0 Å². The molecule has 0 spiro atoms. The fraction of sp³-hybridized carbons (Fsp3) is 0.429. The molecule has 0 aliphatic carbocycles. The molecule has 6 heteroatoms. The zero-order valence-electron chi connectivity index (χ0n) is 15.9. The summed E-state index contributed by atoms with van der Waals surface area (Å²) in [6.45, 7) is 8.19. The van der Waals surface area contributed by atoms with Crippen molar-refractivity contribution in [2.75, 3.05) is 26.4 Å². The van der Waals surface area contributed by atoms with E-state index in [1.54, 1.807) is 0 Å². The highest BCUT2D eigenvalue weighted by Crippen LogP contribution is 2.34. The SMILES string of the molecule is CCOCCCNCc1cc(OCC)c(OCc2cccc(Cl)c2)cc1Br. The maximum Gasteiger partial charge on any atom is 0.162 e. The maximum atomic E-state index is 6.04. The third-order valence-corrected chi connectivity index (χ3v) is 4.83. The van der Waals surface area contributed by atoms with Crippen LogP contribution in [0.25, 0.3) is 0 Å². The van der Waals surface area contributed by atoms with Crippen LogP contribution in [0.15, 0.2) is 40.9 Å². The van der Waals surface area contributed by atoms with Gasteiger partial charge in [-0.15, -0.1) is 0 Å². The lowest BCUT2D eigenvalue weighted by Gasteiger charge is -2.15. The summed E-state index contributed by atoms with van der Waals surface area (Å²) in [4.78, 5) is 0. The number of nitrogens with one attached hydrogen (secondary N) is 1. The molecule has 0 aliphatic heterocycles. The smallest absolute Gasteiger partial charge is 0.162 e. The van der Waals surface area contributed by atoms with Gasteiger partial charge in [0.05, 0.1) is 6.61 Å². The first-order valence-corrected chi connectivity index (χ1v) is 10.4. The molecule has 0 saturated heterocycles. The lowest BCUT2D eigenvalue weighted by molar-refractivity contribution is 0.144. The van der Waals surface area contributed by atoms with Gasteiger partial charge in [0, 0.05) is 29.3 Å². The van der Waals surface area contributed by atoms with E-state index in [9.17, 15) is 0 Å². The Balaban J connectivity index is 1.99. The van der Waals surface area contributed by atoms with E-state index in [-0.39, 0.29) is 0 Å². The van der Waals surface area contributed by atoms with E-state index < -0.39 is 0 Å². The molecule has 2 rings (SSSR count). The van der Waals surface area contributed by atoms with Gasteiger partial charge in [-0.05, 0) is 62.2 Å². The Labute approximate surface area is 175 Å². The standard InChI is InChI=1S/C21H27BrClNO3/c1-3-25-10-6-9-24-14-17-12-20(26-4-2)21(13-19(17)22)27-15-16-7-5-8-18(23)11-16/h5,7-8,11-13,24H,3-4,6,9-10,14-15H2,1-2H3. The first-order valence-electron chi connectivity index (χ1n) is 9.25. The van der Waals surface area contributed by atoms with Crippen molar-refractivity contribution in [2.24, 2.45) is 0 Å². The highest BCUT2D eigenvalue weighted by atomic mass is 79.9. The summed E-state index contributed by atoms with van der Waals surface area (Å²) in [5.41, 5.74) is 2.14. The van der Waals surface area contributed by atoms with Gasteiger partial charge in [-0.2, -0.15) is 0 Å². The molecule has 0 fully saturated rings. The van der Waals surface area contributed by atoms with Crippen LogP contribution in [0.3, 0.4) is 0 Å².